The number of hydrogen-bond donors (Lipinski definition) is 2. The van der Waals surface area contributed by atoms with E-state index in [2.05, 4.69) is 25.5 Å². The highest BCUT2D eigenvalue weighted by atomic mass is 16.5. The molecule has 3 heterocycles. The predicted octanol–water partition coefficient (Wildman–Crippen LogP) is 4.42. The van der Waals surface area contributed by atoms with Gasteiger partial charge >= 0.3 is 0 Å². The molecule has 0 fully saturated rings. The smallest absolute Gasteiger partial charge is 0.126 e. The van der Waals surface area contributed by atoms with E-state index in [0.717, 1.165) is 39.4 Å². The highest BCUT2D eigenvalue weighted by Crippen LogP contribution is 2.30. The van der Waals surface area contributed by atoms with Crippen molar-refractivity contribution in [2.45, 2.75) is 26.5 Å². The van der Waals surface area contributed by atoms with Gasteiger partial charge in [-0.05, 0) is 56.3 Å². The second kappa shape index (κ2) is 7.45. The monoisotopic (exact) mass is 359 g/mol. The summed E-state index contributed by atoms with van der Waals surface area (Å²) in [7, 11) is 0. The molecule has 136 valence electrons. The summed E-state index contributed by atoms with van der Waals surface area (Å²) in [6.07, 6.45) is 3.69. The van der Waals surface area contributed by atoms with Crippen LogP contribution >= 0.6 is 0 Å². The number of aromatic amines is 1. The first-order chi connectivity index (χ1) is 13.2. The summed E-state index contributed by atoms with van der Waals surface area (Å²) in [6, 6.07) is 15.8. The topological polar surface area (TPSA) is 75.7 Å². The van der Waals surface area contributed by atoms with E-state index in [0.29, 0.717) is 6.54 Å². The zero-order valence-electron chi connectivity index (χ0n) is 15.3. The number of nitrogens with zero attached hydrogens (tertiary/aromatic N) is 3. The Kier molecular flexibility index (Phi) is 4.70. The van der Waals surface area contributed by atoms with Gasteiger partial charge < -0.3 is 10.1 Å². The molecule has 1 aromatic carbocycles. The zero-order chi connectivity index (χ0) is 18.6. The third kappa shape index (κ3) is 3.89. The fraction of sp³-hybridized carbons (Fsp3) is 0.190. The van der Waals surface area contributed by atoms with Crippen molar-refractivity contribution in [2.75, 3.05) is 5.32 Å². The van der Waals surface area contributed by atoms with Gasteiger partial charge in [0.2, 0.25) is 0 Å². The number of ether oxygens (including phenoxy) is 1. The van der Waals surface area contributed by atoms with E-state index in [1.54, 1.807) is 12.4 Å². The molecule has 0 aliphatic rings. The van der Waals surface area contributed by atoms with Crippen molar-refractivity contribution in [3.05, 3.63) is 66.6 Å². The van der Waals surface area contributed by atoms with E-state index in [-0.39, 0.29) is 6.10 Å². The van der Waals surface area contributed by atoms with E-state index in [9.17, 15) is 0 Å². The second-order valence-corrected chi connectivity index (χ2v) is 6.55. The minimum absolute atomic E-state index is 0.126. The van der Waals surface area contributed by atoms with Crippen LogP contribution < -0.4 is 10.1 Å². The summed E-state index contributed by atoms with van der Waals surface area (Å²) in [5.41, 5.74) is 3.80. The number of anilines is 1. The first kappa shape index (κ1) is 17.0. The molecule has 0 unspecified atom stereocenters. The van der Waals surface area contributed by atoms with Gasteiger partial charge in [0.05, 0.1) is 23.9 Å². The lowest BCUT2D eigenvalue weighted by molar-refractivity contribution is 0.243. The first-order valence-electron chi connectivity index (χ1n) is 8.94. The van der Waals surface area contributed by atoms with Crippen LogP contribution in [0.1, 0.15) is 19.5 Å². The van der Waals surface area contributed by atoms with Gasteiger partial charge in [0.25, 0.3) is 0 Å². The molecule has 27 heavy (non-hydrogen) atoms. The third-order valence-corrected chi connectivity index (χ3v) is 4.12. The van der Waals surface area contributed by atoms with Crippen molar-refractivity contribution >= 4 is 16.7 Å². The van der Waals surface area contributed by atoms with Crippen LogP contribution in [-0.2, 0) is 6.54 Å². The Balaban J connectivity index is 1.61. The van der Waals surface area contributed by atoms with Crippen LogP contribution in [0.2, 0.25) is 0 Å². The molecule has 0 radical (unpaired) electrons. The normalized spacial score (nSPS) is 11.1. The van der Waals surface area contributed by atoms with Crippen LogP contribution in [0.3, 0.4) is 0 Å². The maximum Gasteiger partial charge on any atom is 0.126 e. The van der Waals surface area contributed by atoms with Crippen molar-refractivity contribution in [1.82, 2.24) is 20.2 Å². The predicted molar refractivity (Wildman–Crippen MR) is 107 cm³/mol. The Morgan fingerprint density at radius 2 is 1.96 bits per heavy atom. The molecule has 0 spiro atoms. The van der Waals surface area contributed by atoms with Gasteiger partial charge in [-0.3, -0.25) is 10.1 Å². The van der Waals surface area contributed by atoms with Crippen LogP contribution in [0.15, 0.2) is 60.9 Å². The molecule has 4 aromatic rings. The quantitative estimate of drug-likeness (QED) is 0.533. The van der Waals surface area contributed by atoms with Gasteiger partial charge in [-0.1, -0.05) is 6.07 Å². The standard InChI is InChI=1S/C21H21N5O/c1-14(2)27-17-6-7-19-18(12-17)21(26-25-19)15-8-10-23-20(11-15)24-13-16-5-3-4-9-22-16/h3-12,14H,13H2,1-2H3,(H,23,24)(H,25,26). The minimum atomic E-state index is 0.126. The molecule has 0 aliphatic heterocycles. The van der Waals surface area contributed by atoms with Gasteiger partial charge in [0.15, 0.2) is 0 Å². The molecule has 4 rings (SSSR count). The number of pyridine rings is 2. The summed E-state index contributed by atoms with van der Waals surface area (Å²) >= 11 is 0. The highest BCUT2D eigenvalue weighted by molar-refractivity contribution is 5.94. The summed E-state index contributed by atoms with van der Waals surface area (Å²) < 4.78 is 5.82. The molecule has 0 saturated heterocycles. The summed E-state index contributed by atoms with van der Waals surface area (Å²) in [6.45, 7) is 4.65. The van der Waals surface area contributed by atoms with Crippen LogP contribution in [-0.4, -0.2) is 26.3 Å². The number of aromatic nitrogens is 4. The molecule has 6 heteroatoms. The van der Waals surface area contributed by atoms with Crippen molar-refractivity contribution in [1.29, 1.82) is 0 Å². The molecule has 0 bridgehead atoms. The number of H-pyrrole nitrogens is 1. The molecule has 3 aromatic heterocycles. The van der Waals surface area contributed by atoms with E-state index < -0.39 is 0 Å². The molecule has 6 nitrogen and oxygen atoms in total. The lowest BCUT2D eigenvalue weighted by Crippen LogP contribution is -2.05. The Hall–Kier alpha value is -3.41. The van der Waals surface area contributed by atoms with Gasteiger partial charge in [0.1, 0.15) is 17.3 Å². The van der Waals surface area contributed by atoms with Crippen molar-refractivity contribution in [2.24, 2.45) is 0 Å². The zero-order valence-corrected chi connectivity index (χ0v) is 15.3. The van der Waals surface area contributed by atoms with Crippen molar-refractivity contribution in [3.63, 3.8) is 0 Å². The number of fused-ring (bicyclic) bond motifs is 1. The van der Waals surface area contributed by atoms with E-state index >= 15 is 0 Å². The number of hydrogen-bond acceptors (Lipinski definition) is 5. The van der Waals surface area contributed by atoms with E-state index in [1.807, 2.05) is 62.4 Å². The van der Waals surface area contributed by atoms with Crippen molar-refractivity contribution in [3.8, 4) is 17.0 Å². The van der Waals surface area contributed by atoms with Crippen LogP contribution in [0.4, 0.5) is 5.82 Å². The van der Waals surface area contributed by atoms with Gasteiger partial charge in [-0.2, -0.15) is 5.10 Å². The molecular weight excluding hydrogens is 338 g/mol. The molecule has 0 atom stereocenters. The van der Waals surface area contributed by atoms with E-state index in [4.69, 9.17) is 4.74 Å². The lowest BCUT2D eigenvalue weighted by atomic mass is 10.1. The largest absolute Gasteiger partial charge is 0.491 e. The minimum Gasteiger partial charge on any atom is -0.491 e. The average molecular weight is 359 g/mol. The van der Waals surface area contributed by atoms with Gasteiger partial charge in [-0.25, -0.2) is 4.98 Å². The number of nitrogens with one attached hydrogen (secondary N) is 2. The van der Waals surface area contributed by atoms with Gasteiger partial charge in [0, 0.05) is 23.3 Å². The number of benzene rings is 1. The van der Waals surface area contributed by atoms with Crippen molar-refractivity contribution < 1.29 is 4.74 Å². The molecule has 0 amide bonds. The Labute approximate surface area is 157 Å². The van der Waals surface area contributed by atoms with Crippen LogP contribution in [0.25, 0.3) is 22.2 Å². The van der Waals surface area contributed by atoms with Gasteiger partial charge in [-0.15, -0.1) is 0 Å². The Bertz CT molecular complexity index is 1040. The Morgan fingerprint density at radius 1 is 1.04 bits per heavy atom. The molecule has 0 aliphatic carbocycles. The average Bonchev–Trinajstić information content (AvgIpc) is 3.10. The lowest BCUT2D eigenvalue weighted by Gasteiger charge is -2.09. The molecule has 0 saturated carbocycles. The summed E-state index contributed by atoms with van der Waals surface area (Å²) in [5.74, 6) is 1.62. The fourth-order valence-electron chi connectivity index (χ4n) is 2.92. The summed E-state index contributed by atoms with van der Waals surface area (Å²) in [5, 5.41) is 11.9. The molecule has 2 N–H and O–H groups in total. The van der Waals surface area contributed by atoms with Crippen LogP contribution in [0, 0.1) is 0 Å². The third-order valence-electron chi connectivity index (χ3n) is 4.12. The first-order valence-corrected chi connectivity index (χ1v) is 8.94. The fourth-order valence-corrected chi connectivity index (χ4v) is 2.92. The SMILES string of the molecule is CC(C)Oc1ccc2[nH]nc(-c3ccnc(NCc4ccccn4)c3)c2c1. The van der Waals surface area contributed by atoms with Crippen LogP contribution in [0.5, 0.6) is 5.75 Å². The van der Waals surface area contributed by atoms with E-state index in [1.165, 1.54) is 0 Å². The highest BCUT2D eigenvalue weighted by Gasteiger charge is 2.11. The number of rotatable bonds is 6. The summed E-state index contributed by atoms with van der Waals surface area (Å²) in [4.78, 5) is 8.72. The maximum absolute atomic E-state index is 5.82. The Morgan fingerprint density at radius 3 is 2.78 bits per heavy atom. The maximum atomic E-state index is 5.82. The molecular formula is C21H21N5O. The second-order valence-electron chi connectivity index (χ2n) is 6.55.